The van der Waals surface area contributed by atoms with E-state index in [1.165, 1.54) is 135 Å². The molecule has 0 aliphatic heterocycles. The second kappa shape index (κ2) is 24.1. The van der Waals surface area contributed by atoms with Crippen molar-refractivity contribution < 1.29 is 0 Å². The van der Waals surface area contributed by atoms with Crippen LogP contribution in [0.3, 0.4) is 0 Å². The molecule has 0 atom stereocenters. The van der Waals surface area contributed by atoms with Gasteiger partial charge in [0.2, 0.25) is 0 Å². The Labute approximate surface area is 189 Å². The third-order valence-electron chi connectivity index (χ3n) is 6.22. The number of nitrogens with zero attached hydrogens (tertiary/aromatic N) is 1. The zero-order chi connectivity index (χ0) is 20.8. The van der Waals surface area contributed by atoms with Gasteiger partial charge in [0.05, 0.1) is 0 Å². The molecule has 174 valence electrons. The SMILES string of the molecule is CCCCCCCCC(CCCCCCCC)(CCCCCCCC)SC#N.N. The van der Waals surface area contributed by atoms with Crippen LogP contribution in [0.5, 0.6) is 0 Å². The molecule has 0 saturated carbocycles. The molecule has 29 heavy (non-hydrogen) atoms. The summed E-state index contributed by atoms with van der Waals surface area (Å²) < 4.78 is 0.245. The second-order valence-electron chi connectivity index (χ2n) is 8.93. The monoisotopic (exact) mass is 426 g/mol. The van der Waals surface area contributed by atoms with Gasteiger partial charge in [0.25, 0.3) is 0 Å². The van der Waals surface area contributed by atoms with Crippen LogP contribution >= 0.6 is 11.8 Å². The maximum atomic E-state index is 9.53. The molecule has 0 saturated heterocycles. The Balaban J connectivity index is 0. The topological polar surface area (TPSA) is 58.8 Å². The summed E-state index contributed by atoms with van der Waals surface area (Å²) in [4.78, 5) is 0. The minimum atomic E-state index is 0. The molecule has 0 radical (unpaired) electrons. The van der Waals surface area contributed by atoms with E-state index >= 15 is 0 Å². The Kier molecular flexibility index (Phi) is 25.7. The van der Waals surface area contributed by atoms with Crippen molar-refractivity contribution in [3.05, 3.63) is 0 Å². The normalized spacial score (nSPS) is 11.2. The van der Waals surface area contributed by atoms with Crippen LogP contribution < -0.4 is 6.15 Å². The lowest BCUT2D eigenvalue weighted by Gasteiger charge is -2.31. The van der Waals surface area contributed by atoms with E-state index in [1.807, 2.05) is 0 Å². The molecule has 2 nitrogen and oxygen atoms in total. The third kappa shape index (κ3) is 19.5. The van der Waals surface area contributed by atoms with Gasteiger partial charge in [-0.25, -0.2) is 0 Å². The molecule has 0 bridgehead atoms. The summed E-state index contributed by atoms with van der Waals surface area (Å²) in [6.07, 6.45) is 28.3. The number of hydrogen-bond donors (Lipinski definition) is 1. The summed E-state index contributed by atoms with van der Waals surface area (Å²) in [5, 5.41) is 12.0. The van der Waals surface area contributed by atoms with Gasteiger partial charge in [0.1, 0.15) is 5.40 Å². The Hall–Kier alpha value is -0.200. The number of rotatable bonds is 22. The van der Waals surface area contributed by atoms with Gasteiger partial charge in [-0.05, 0) is 31.0 Å². The Morgan fingerprint density at radius 1 is 0.517 bits per heavy atom. The molecular formula is C26H54N2S. The zero-order valence-corrected chi connectivity index (χ0v) is 21.2. The third-order valence-corrected chi connectivity index (χ3v) is 7.36. The summed E-state index contributed by atoms with van der Waals surface area (Å²) in [5.41, 5.74) is 0. The van der Waals surface area contributed by atoms with Crippen LogP contribution in [0.2, 0.25) is 0 Å². The molecule has 0 aromatic heterocycles. The number of nitriles is 1. The lowest BCUT2D eigenvalue weighted by molar-refractivity contribution is 0.404. The maximum absolute atomic E-state index is 9.53. The quantitative estimate of drug-likeness (QED) is 0.138. The number of thiocyanates is 1. The van der Waals surface area contributed by atoms with Gasteiger partial charge in [-0.2, -0.15) is 5.26 Å². The fourth-order valence-corrected chi connectivity index (χ4v) is 5.24. The summed E-state index contributed by atoms with van der Waals surface area (Å²) >= 11 is 1.63. The van der Waals surface area contributed by atoms with Crippen molar-refractivity contribution >= 4 is 11.8 Å². The summed E-state index contributed by atoms with van der Waals surface area (Å²) in [6.45, 7) is 6.86. The van der Waals surface area contributed by atoms with Gasteiger partial charge < -0.3 is 6.15 Å². The van der Waals surface area contributed by atoms with Crippen LogP contribution in [-0.4, -0.2) is 4.75 Å². The lowest BCUT2D eigenvalue weighted by Crippen LogP contribution is -2.24. The lowest BCUT2D eigenvalue weighted by atomic mass is 9.88. The molecule has 0 aromatic rings. The molecule has 0 aliphatic carbocycles. The van der Waals surface area contributed by atoms with Crippen LogP contribution in [0, 0.1) is 10.7 Å². The van der Waals surface area contributed by atoms with E-state index in [9.17, 15) is 5.26 Å². The summed E-state index contributed by atoms with van der Waals surface area (Å²) in [7, 11) is 0. The van der Waals surface area contributed by atoms with Gasteiger partial charge >= 0.3 is 0 Å². The van der Waals surface area contributed by atoms with Gasteiger partial charge in [-0.3, -0.25) is 0 Å². The highest BCUT2D eigenvalue weighted by Crippen LogP contribution is 2.40. The smallest absolute Gasteiger partial charge is 0.133 e. The molecule has 0 unspecified atom stereocenters. The average Bonchev–Trinajstić information content (AvgIpc) is 2.70. The van der Waals surface area contributed by atoms with E-state index in [-0.39, 0.29) is 10.9 Å². The van der Waals surface area contributed by atoms with E-state index in [1.54, 1.807) is 11.8 Å². The Morgan fingerprint density at radius 3 is 1.07 bits per heavy atom. The van der Waals surface area contributed by atoms with Crippen molar-refractivity contribution in [2.24, 2.45) is 0 Å². The molecule has 3 heteroatoms. The first-order valence-electron chi connectivity index (χ1n) is 12.8. The molecule has 0 fully saturated rings. The fourth-order valence-electron chi connectivity index (χ4n) is 4.31. The van der Waals surface area contributed by atoms with Crippen molar-refractivity contribution in [3.8, 4) is 5.40 Å². The van der Waals surface area contributed by atoms with Crippen molar-refractivity contribution in [2.75, 3.05) is 0 Å². The number of thioether (sulfide) groups is 1. The maximum Gasteiger partial charge on any atom is 0.133 e. The van der Waals surface area contributed by atoms with Gasteiger partial charge in [0, 0.05) is 4.75 Å². The molecule has 0 aromatic carbocycles. The predicted molar refractivity (Wildman–Crippen MR) is 135 cm³/mol. The van der Waals surface area contributed by atoms with Crippen molar-refractivity contribution in [1.82, 2.24) is 6.15 Å². The molecular weight excluding hydrogens is 372 g/mol. The van der Waals surface area contributed by atoms with Crippen LogP contribution in [0.1, 0.15) is 156 Å². The van der Waals surface area contributed by atoms with Gasteiger partial charge in [-0.15, -0.1) is 0 Å². The number of hydrogen-bond acceptors (Lipinski definition) is 3. The van der Waals surface area contributed by atoms with Crippen LogP contribution in [0.15, 0.2) is 0 Å². The minimum Gasteiger partial charge on any atom is -0.344 e. The van der Waals surface area contributed by atoms with Crippen molar-refractivity contribution in [1.29, 1.82) is 5.26 Å². The Bertz CT molecular complexity index is 310. The Morgan fingerprint density at radius 2 is 0.793 bits per heavy atom. The van der Waals surface area contributed by atoms with E-state index in [0.717, 1.165) is 0 Å². The molecule has 0 rings (SSSR count). The minimum absolute atomic E-state index is 0. The summed E-state index contributed by atoms with van der Waals surface area (Å²) in [6, 6.07) is 0. The van der Waals surface area contributed by atoms with E-state index in [2.05, 4.69) is 26.2 Å². The average molecular weight is 427 g/mol. The van der Waals surface area contributed by atoms with Gasteiger partial charge in [-0.1, -0.05) is 136 Å². The first kappa shape index (κ1) is 31.0. The van der Waals surface area contributed by atoms with Crippen molar-refractivity contribution in [2.45, 2.75) is 160 Å². The fraction of sp³-hybridized carbons (Fsp3) is 0.962. The largest absolute Gasteiger partial charge is 0.344 e. The van der Waals surface area contributed by atoms with E-state index < -0.39 is 0 Å². The van der Waals surface area contributed by atoms with Crippen molar-refractivity contribution in [3.63, 3.8) is 0 Å². The van der Waals surface area contributed by atoms with Crippen LogP contribution in [0.25, 0.3) is 0 Å². The molecule has 0 aliphatic rings. The predicted octanol–water partition coefficient (Wildman–Crippen LogP) is 10.4. The van der Waals surface area contributed by atoms with E-state index in [0.29, 0.717) is 0 Å². The highest BCUT2D eigenvalue weighted by molar-refractivity contribution is 8.05. The molecule has 0 amide bonds. The first-order chi connectivity index (χ1) is 13.7. The highest BCUT2D eigenvalue weighted by atomic mass is 32.2. The number of unbranched alkanes of at least 4 members (excludes halogenated alkanes) is 15. The second-order valence-corrected chi connectivity index (χ2v) is 10.2. The van der Waals surface area contributed by atoms with Crippen LogP contribution in [0.4, 0.5) is 0 Å². The highest BCUT2D eigenvalue weighted by Gasteiger charge is 2.29. The van der Waals surface area contributed by atoms with Crippen LogP contribution in [-0.2, 0) is 0 Å². The molecule has 3 N–H and O–H groups in total. The first-order valence-corrected chi connectivity index (χ1v) is 13.6. The standard InChI is InChI=1S/C26H51NS.H3N/c1-4-7-10-13-16-19-22-26(28-25-27,23-20-17-14-11-8-5-2)24-21-18-15-12-9-6-3;/h4-24H2,1-3H3;1H3. The van der Waals surface area contributed by atoms with E-state index in [4.69, 9.17) is 0 Å². The zero-order valence-electron chi connectivity index (χ0n) is 20.4. The van der Waals surface area contributed by atoms with Gasteiger partial charge in [0.15, 0.2) is 0 Å². The molecule has 0 heterocycles. The summed E-state index contributed by atoms with van der Waals surface area (Å²) in [5.74, 6) is 0. The molecule has 0 spiro atoms.